The Kier molecular flexibility index (Phi) is 6.72. The average molecular weight is 339 g/mol. The van der Waals surface area contributed by atoms with Crippen molar-refractivity contribution < 1.29 is 9.50 Å². The molecule has 23 heavy (non-hydrogen) atoms. The Morgan fingerprint density at radius 3 is 2.78 bits per heavy atom. The molecule has 2 rings (SSSR count). The van der Waals surface area contributed by atoms with Crippen LogP contribution in [-0.2, 0) is 6.54 Å². The molecule has 1 aliphatic rings. The SMILES string of the molecule is CCNC(=NCc1ccccc1F)NCC1(O)CCC1SCC. The molecule has 1 saturated carbocycles. The van der Waals surface area contributed by atoms with Gasteiger partial charge in [0.05, 0.1) is 12.1 Å². The first-order chi connectivity index (χ1) is 11.1. The monoisotopic (exact) mass is 339 g/mol. The second kappa shape index (κ2) is 8.55. The maximum Gasteiger partial charge on any atom is 0.191 e. The number of halogens is 1. The molecule has 2 unspecified atom stereocenters. The van der Waals surface area contributed by atoms with Crippen LogP contribution in [0.5, 0.6) is 0 Å². The van der Waals surface area contributed by atoms with Gasteiger partial charge in [-0.2, -0.15) is 11.8 Å². The molecular formula is C17H26FN3OS. The number of hydrogen-bond acceptors (Lipinski definition) is 3. The minimum absolute atomic E-state index is 0.246. The number of benzene rings is 1. The van der Waals surface area contributed by atoms with E-state index in [1.807, 2.05) is 6.92 Å². The zero-order valence-corrected chi connectivity index (χ0v) is 14.6. The average Bonchev–Trinajstić information content (AvgIpc) is 2.55. The van der Waals surface area contributed by atoms with Gasteiger partial charge < -0.3 is 15.7 Å². The molecule has 1 aliphatic carbocycles. The van der Waals surface area contributed by atoms with Gasteiger partial charge in [0.2, 0.25) is 0 Å². The van der Waals surface area contributed by atoms with Crippen molar-refractivity contribution >= 4 is 17.7 Å². The standard InChI is InChI=1S/C17H26FN3OS/c1-3-19-16(20-11-13-7-5-6-8-14(13)18)21-12-17(22)10-9-15(17)23-4-2/h5-8,15,22H,3-4,9-12H2,1-2H3,(H2,19,20,21). The quantitative estimate of drug-likeness (QED) is 0.528. The number of aliphatic imine (C=N–C) groups is 1. The summed E-state index contributed by atoms with van der Waals surface area (Å²) in [4.78, 5) is 4.41. The van der Waals surface area contributed by atoms with Crippen molar-refractivity contribution in [2.45, 2.75) is 44.1 Å². The predicted molar refractivity (Wildman–Crippen MR) is 95.3 cm³/mol. The Bertz CT molecular complexity index is 540. The zero-order chi connectivity index (χ0) is 16.7. The summed E-state index contributed by atoms with van der Waals surface area (Å²) in [5, 5.41) is 17.2. The van der Waals surface area contributed by atoms with E-state index in [9.17, 15) is 9.50 Å². The predicted octanol–water partition coefficient (Wildman–Crippen LogP) is 2.53. The molecule has 1 aromatic rings. The number of guanidine groups is 1. The fourth-order valence-corrected chi connectivity index (χ4v) is 3.80. The van der Waals surface area contributed by atoms with Crippen molar-refractivity contribution in [1.82, 2.24) is 10.6 Å². The molecule has 128 valence electrons. The van der Waals surface area contributed by atoms with E-state index in [1.54, 1.807) is 30.0 Å². The topological polar surface area (TPSA) is 56.7 Å². The largest absolute Gasteiger partial charge is 0.387 e. The smallest absolute Gasteiger partial charge is 0.191 e. The van der Waals surface area contributed by atoms with Gasteiger partial charge in [0.25, 0.3) is 0 Å². The highest BCUT2D eigenvalue weighted by molar-refractivity contribution is 8.00. The van der Waals surface area contributed by atoms with Crippen LogP contribution in [0.4, 0.5) is 4.39 Å². The summed E-state index contributed by atoms with van der Waals surface area (Å²) in [5.74, 6) is 1.37. The molecule has 0 heterocycles. The van der Waals surface area contributed by atoms with Crippen LogP contribution in [0.25, 0.3) is 0 Å². The number of rotatable bonds is 7. The normalized spacial score (nSPS) is 24.2. The third kappa shape index (κ3) is 4.85. The fourth-order valence-electron chi connectivity index (χ4n) is 2.61. The van der Waals surface area contributed by atoms with Gasteiger partial charge in [0.15, 0.2) is 5.96 Å². The summed E-state index contributed by atoms with van der Waals surface area (Å²) in [6, 6.07) is 6.65. The van der Waals surface area contributed by atoms with Crippen molar-refractivity contribution in [2.24, 2.45) is 4.99 Å². The highest BCUT2D eigenvalue weighted by Gasteiger charge is 2.45. The Hall–Kier alpha value is -1.27. The van der Waals surface area contributed by atoms with E-state index in [2.05, 4.69) is 22.5 Å². The summed E-state index contributed by atoms with van der Waals surface area (Å²) < 4.78 is 13.6. The molecule has 0 aromatic heterocycles. The second-order valence-corrected chi connectivity index (χ2v) is 7.21. The van der Waals surface area contributed by atoms with Crippen LogP contribution < -0.4 is 10.6 Å². The molecule has 0 aliphatic heterocycles. The van der Waals surface area contributed by atoms with Crippen molar-refractivity contribution in [3.05, 3.63) is 35.6 Å². The van der Waals surface area contributed by atoms with Crippen LogP contribution in [-0.4, -0.2) is 40.8 Å². The Morgan fingerprint density at radius 1 is 1.39 bits per heavy atom. The molecular weight excluding hydrogens is 313 g/mol. The molecule has 0 radical (unpaired) electrons. The molecule has 0 bridgehead atoms. The highest BCUT2D eigenvalue weighted by atomic mass is 32.2. The zero-order valence-electron chi connectivity index (χ0n) is 13.8. The van der Waals surface area contributed by atoms with Crippen LogP contribution in [0.2, 0.25) is 0 Å². The van der Waals surface area contributed by atoms with E-state index in [-0.39, 0.29) is 17.6 Å². The van der Waals surface area contributed by atoms with E-state index >= 15 is 0 Å². The minimum atomic E-state index is -0.672. The van der Waals surface area contributed by atoms with Gasteiger partial charge >= 0.3 is 0 Å². The summed E-state index contributed by atoms with van der Waals surface area (Å²) in [5.41, 5.74) is -0.110. The van der Waals surface area contributed by atoms with Gasteiger partial charge in [0.1, 0.15) is 5.82 Å². The van der Waals surface area contributed by atoms with Gasteiger partial charge in [-0.05, 0) is 31.6 Å². The first-order valence-electron chi connectivity index (χ1n) is 8.18. The van der Waals surface area contributed by atoms with Crippen LogP contribution in [0.15, 0.2) is 29.3 Å². The third-order valence-electron chi connectivity index (χ3n) is 4.08. The van der Waals surface area contributed by atoms with Gasteiger partial charge in [-0.3, -0.25) is 0 Å². The minimum Gasteiger partial charge on any atom is -0.387 e. The molecule has 6 heteroatoms. The maximum absolute atomic E-state index is 13.6. The first kappa shape index (κ1) is 18.1. The van der Waals surface area contributed by atoms with E-state index in [0.29, 0.717) is 24.6 Å². The van der Waals surface area contributed by atoms with Crippen LogP contribution in [0.1, 0.15) is 32.3 Å². The van der Waals surface area contributed by atoms with Crippen LogP contribution in [0.3, 0.4) is 0 Å². The summed E-state index contributed by atoms with van der Waals surface area (Å²) in [6.07, 6.45) is 1.87. The number of hydrogen-bond donors (Lipinski definition) is 3. The molecule has 1 fully saturated rings. The van der Waals surface area contributed by atoms with Crippen LogP contribution in [0, 0.1) is 5.82 Å². The van der Waals surface area contributed by atoms with Gasteiger partial charge in [-0.1, -0.05) is 25.1 Å². The number of nitrogens with one attached hydrogen (secondary N) is 2. The number of thioether (sulfide) groups is 1. The lowest BCUT2D eigenvalue weighted by molar-refractivity contribution is -0.0198. The molecule has 2 atom stereocenters. The van der Waals surface area contributed by atoms with E-state index < -0.39 is 5.60 Å². The molecule has 0 spiro atoms. The van der Waals surface area contributed by atoms with Gasteiger partial charge in [-0.25, -0.2) is 9.38 Å². The molecule has 0 amide bonds. The van der Waals surface area contributed by atoms with Gasteiger partial charge in [-0.15, -0.1) is 0 Å². The van der Waals surface area contributed by atoms with E-state index in [1.165, 1.54) is 6.07 Å². The number of nitrogens with zero attached hydrogens (tertiary/aromatic N) is 1. The first-order valence-corrected chi connectivity index (χ1v) is 9.23. The molecule has 3 N–H and O–H groups in total. The molecule has 1 aromatic carbocycles. The Morgan fingerprint density at radius 2 is 2.17 bits per heavy atom. The maximum atomic E-state index is 13.6. The Labute approximate surface area is 142 Å². The molecule has 4 nitrogen and oxygen atoms in total. The lowest BCUT2D eigenvalue weighted by atomic mass is 9.79. The number of aliphatic hydroxyl groups is 1. The second-order valence-electron chi connectivity index (χ2n) is 5.73. The summed E-state index contributed by atoms with van der Waals surface area (Å²) >= 11 is 1.80. The van der Waals surface area contributed by atoms with Crippen molar-refractivity contribution in [2.75, 3.05) is 18.8 Å². The summed E-state index contributed by atoms with van der Waals surface area (Å²) in [6.45, 7) is 5.54. The van der Waals surface area contributed by atoms with E-state index in [0.717, 1.165) is 18.6 Å². The summed E-state index contributed by atoms with van der Waals surface area (Å²) in [7, 11) is 0. The lowest BCUT2D eigenvalue weighted by Crippen LogP contribution is -2.58. The highest BCUT2D eigenvalue weighted by Crippen LogP contribution is 2.40. The lowest BCUT2D eigenvalue weighted by Gasteiger charge is -2.45. The van der Waals surface area contributed by atoms with Crippen molar-refractivity contribution in [3.63, 3.8) is 0 Å². The van der Waals surface area contributed by atoms with Gasteiger partial charge in [0, 0.05) is 23.9 Å². The van der Waals surface area contributed by atoms with Crippen LogP contribution >= 0.6 is 11.8 Å². The fraction of sp³-hybridized carbons (Fsp3) is 0.588. The molecule has 0 saturated heterocycles. The van der Waals surface area contributed by atoms with Crippen molar-refractivity contribution in [1.29, 1.82) is 0 Å². The third-order valence-corrected chi connectivity index (χ3v) is 5.49. The van der Waals surface area contributed by atoms with E-state index in [4.69, 9.17) is 0 Å². The van der Waals surface area contributed by atoms with Crippen molar-refractivity contribution in [3.8, 4) is 0 Å². The Balaban J connectivity index is 1.93.